The number of amides is 1. The predicted molar refractivity (Wildman–Crippen MR) is 146 cm³/mol. The molecule has 2 aromatic carbocycles. The van der Waals surface area contributed by atoms with E-state index < -0.39 is 46.4 Å². The van der Waals surface area contributed by atoms with Gasteiger partial charge in [-0.05, 0) is 79.6 Å². The summed E-state index contributed by atoms with van der Waals surface area (Å²) in [4.78, 5) is 41.2. The maximum atomic E-state index is 14.1. The van der Waals surface area contributed by atoms with Gasteiger partial charge in [0.1, 0.15) is 22.7 Å². The Morgan fingerprint density at radius 1 is 1.13 bits per heavy atom. The molecule has 1 amide bonds. The molecule has 3 aliphatic rings. The lowest BCUT2D eigenvalue weighted by Crippen LogP contribution is -2.62. The number of nitrogens with two attached hydrogens (primary N) is 1. The van der Waals surface area contributed by atoms with Gasteiger partial charge < -0.3 is 21.1 Å². The fourth-order valence-electron chi connectivity index (χ4n) is 6.92. The van der Waals surface area contributed by atoms with Crippen LogP contribution in [0.25, 0.3) is 11.1 Å². The van der Waals surface area contributed by atoms with Crippen molar-refractivity contribution in [2.24, 2.45) is 17.6 Å². The number of nitrogens with zero attached hydrogens (tertiary/aromatic N) is 1. The van der Waals surface area contributed by atoms with Crippen molar-refractivity contribution in [2.75, 3.05) is 14.1 Å². The van der Waals surface area contributed by atoms with Crippen LogP contribution in [0, 0.1) is 11.8 Å². The minimum atomic E-state index is -2.13. The van der Waals surface area contributed by atoms with Gasteiger partial charge in [0, 0.05) is 11.5 Å². The van der Waals surface area contributed by atoms with E-state index in [1.54, 1.807) is 25.9 Å². The highest BCUT2D eigenvalue weighted by molar-refractivity contribution is 6.22. The number of aliphatic hydroxyl groups is 2. The molecule has 5 rings (SSSR count). The number of aliphatic hydroxyl groups excluding tert-OH is 1. The van der Waals surface area contributed by atoms with Gasteiger partial charge in [0.15, 0.2) is 11.6 Å². The minimum Gasteiger partial charge on any atom is -0.508 e. The number of allylic oxidation sites excluding steroid dienone is 1. The molecule has 0 radical (unpaired) electrons. The average molecular weight is 531 g/mol. The van der Waals surface area contributed by atoms with Crippen molar-refractivity contribution in [2.45, 2.75) is 51.2 Å². The number of primary amides is 1. The van der Waals surface area contributed by atoms with Gasteiger partial charge >= 0.3 is 0 Å². The van der Waals surface area contributed by atoms with Gasteiger partial charge in [-0.15, -0.1) is 0 Å². The highest BCUT2D eigenvalue weighted by Crippen LogP contribution is 2.54. The molecule has 8 nitrogen and oxygen atoms in total. The van der Waals surface area contributed by atoms with Crippen LogP contribution in [0.1, 0.15) is 54.6 Å². The first kappa shape index (κ1) is 26.8. The number of rotatable bonds is 4. The fraction of sp³-hybridized carbons (Fsp3) is 0.387. The summed E-state index contributed by atoms with van der Waals surface area (Å²) in [6, 6.07) is 10.5. The molecule has 2 aromatic rings. The van der Waals surface area contributed by atoms with Crippen molar-refractivity contribution in [3.8, 4) is 16.9 Å². The largest absolute Gasteiger partial charge is 0.508 e. The Bertz CT molecular complexity index is 1500. The molecule has 0 aromatic heterocycles. The summed E-state index contributed by atoms with van der Waals surface area (Å²) in [5, 5.41) is 34.0. The summed E-state index contributed by atoms with van der Waals surface area (Å²) in [5.41, 5.74) is 6.95. The molecule has 0 bridgehead atoms. The van der Waals surface area contributed by atoms with Gasteiger partial charge in [0.05, 0.1) is 11.6 Å². The molecule has 39 heavy (non-hydrogen) atoms. The molecule has 0 aliphatic heterocycles. The van der Waals surface area contributed by atoms with E-state index >= 15 is 0 Å². The van der Waals surface area contributed by atoms with Crippen LogP contribution in [0.15, 0.2) is 58.9 Å². The first-order valence-electron chi connectivity index (χ1n) is 13.2. The molecule has 5 N–H and O–H groups in total. The Balaban J connectivity index is 1.73. The molecular formula is C31H34N2O6. The van der Waals surface area contributed by atoms with E-state index in [-0.39, 0.29) is 34.8 Å². The van der Waals surface area contributed by atoms with Gasteiger partial charge in [-0.1, -0.05) is 44.2 Å². The number of phenols is 1. The first-order valence-corrected chi connectivity index (χ1v) is 13.2. The quantitative estimate of drug-likeness (QED) is 0.444. The molecule has 4 atom stereocenters. The molecule has 204 valence electrons. The number of benzene rings is 2. The molecule has 0 saturated heterocycles. The zero-order valence-electron chi connectivity index (χ0n) is 22.8. The number of likely N-dealkylation sites (N-methyl/N-ethyl adjacent to an activating group) is 1. The lowest BCUT2D eigenvalue weighted by atomic mass is 9.57. The number of fused-ring (bicyclic) bond motifs is 3. The zero-order valence-corrected chi connectivity index (χ0v) is 22.8. The zero-order chi connectivity index (χ0) is 28.5. The Kier molecular flexibility index (Phi) is 6.31. The molecule has 8 heteroatoms. The number of hydrogen-bond donors (Lipinski definition) is 4. The third-order valence-corrected chi connectivity index (χ3v) is 8.83. The van der Waals surface area contributed by atoms with Crippen molar-refractivity contribution in [3.05, 3.63) is 75.6 Å². The van der Waals surface area contributed by atoms with Crippen LogP contribution < -0.4 is 5.73 Å². The van der Waals surface area contributed by atoms with Gasteiger partial charge in [0.2, 0.25) is 0 Å². The van der Waals surface area contributed by atoms with Crippen molar-refractivity contribution in [1.29, 1.82) is 0 Å². The van der Waals surface area contributed by atoms with Crippen molar-refractivity contribution >= 4 is 17.5 Å². The van der Waals surface area contributed by atoms with Crippen molar-refractivity contribution < 1.29 is 29.7 Å². The number of carbonyl (C=O) groups excluding carboxylic acids is 3. The van der Waals surface area contributed by atoms with E-state index in [1.165, 1.54) is 6.07 Å². The van der Waals surface area contributed by atoms with Gasteiger partial charge in [0.25, 0.3) is 5.91 Å². The number of aromatic hydroxyl groups is 1. The van der Waals surface area contributed by atoms with Crippen molar-refractivity contribution in [3.63, 3.8) is 0 Å². The number of Topliss-reactive ketones (excluding diaryl/α,β-unsaturated/α-hetero) is 2. The Morgan fingerprint density at radius 2 is 1.82 bits per heavy atom. The van der Waals surface area contributed by atoms with Gasteiger partial charge in [-0.2, -0.15) is 0 Å². The fourth-order valence-corrected chi connectivity index (χ4v) is 6.92. The Hall–Kier alpha value is -3.75. The second-order valence-electron chi connectivity index (χ2n) is 11.5. The third kappa shape index (κ3) is 3.77. The van der Waals surface area contributed by atoms with Gasteiger partial charge in [-0.3, -0.25) is 19.3 Å². The number of hydrogen-bond acceptors (Lipinski definition) is 7. The van der Waals surface area contributed by atoms with Crippen LogP contribution in [-0.4, -0.2) is 63.4 Å². The first-order chi connectivity index (χ1) is 18.3. The highest BCUT2D eigenvalue weighted by Gasteiger charge is 2.60. The lowest BCUT2D eigenvalue weighted by molar-refractivity contribution is -0.133. The smallest absolute Gasteiger partial charge is 0.255 e. The third-order valence-electron chi connectivity index (χ3n) is 8.83. The normalized spacial score (nSPS) is 26.6. The van der Waals surface area contributed by atoms with Crippen LogP contribution in [0.5, 0.6) is 5.75 Å². The standard InChI is InChI=1S/C31H34N2O6/c1-14(2)16-7-6-8-17(11-16)19-9-10-22(34)24-20(19)12-18-13-21-26(33(4)5)28(36)25(30(32)38)29(37)31(21,39)15(3)23(18)27(24)35/h6-11,14,18,21,26,34,37,39H,12-13H2,1-5H3,(H2,32,38)/t18-,21-,26-,31+/m0/s1. The topological polar surface area (TPSA) is 141 Å². The van der Waals surface area contributed by atoms with E-state index in [0.29, 0.717) is 17.9 Å². The monoisotopic (exact) mass is 530 g/mol. The minimum absolute atomic E-state index is 0.158. The SMILES string of the molecule is CC1=C2C(=O)c3c(O)ccc(-c4cccc(C(C)C)c4)c3C[C@H]2C[C@H]2[C@H](N(C)C)C(=O)C(C(N)=O)=C(O)[C@@]12O. The summed E-state index contributed by atoms with van der Waals surface area (Å²) in [6.07, 6.45) is 0.609. The van der Waals surface area contributed by atoms with Crippen LogP contribution in [0.4, 0.5) is 0 Å². The Morgan fingerprint density at radius 3 is 2.44 bits per heavy atom. The summed E-state index contributed by atoms with van der Waals surface area (Å²) < 4.78 is 0. The number of phenolic OH excluding ortho intramolecular Hbond substituents is 1. The average Bonchev–Trinajstić information content (AvgIpc) is 2.86. The Labute approximate surface area is 227 Å². The van der Waals surface area contributed by atoms with E-state index in [4.69, 9.17) is 5.73 Å². The molecule has 3 aliphatic carbocycles. The lowest BCUT2D eigenvalue weighted by Gasteiger charge is -2.51. The molecule has 0 unspecified atom stereocenters. The predicted octanol–water partition coefficient (Wildman–Crippen LogP) is 3.42. The number of carbonyl (C=O) groups is 3. The van der Waals surface area contributed by atoms with Crippen LogP contribution in [0.3, 0.4) is 0 Å². The molecule has 0 fully saturated rings. The summed E-state index contributed by atoms with van der Waals surface area (Å²) in [5.74, 6) is -4.08. The van der Waals surface area contributed by atoms with E-state index in [2.05, 4.69) is 26.0 Å². The van der Waals surface area contributed by atoms with E-state index in [9.17, 15) is 29.7 Å². The van der Waals surface area contributed by atoms with Crippen LogP contribution >= 0.6 is 0 Å². The van der Waals surface area contributed by atoms with E-state index in [1.807, 2.05) is 18.2 Å². The number of ketones is 2. The van der Waals surface area contributed by atoms with E-state index in [0.717, 1.165) is 16.7 Å². The maximum Gasteiger partial charge on any atom is 0.255 e. The maximum absolute atomic E-state index is 14.1. The highest BCUT2D eigenvalue weighted by atomic mass is 16.3. The molecular weight excluding hydrogens is 496 g/mol. The molecule has 0 spiro atoms. The van der Waals surface area contributed by atoms with Crippen molar-refractivity contribution in [1.82, 2.24) is 4.90 Å². The molecule has 0 heterocycles. The van der Waals surface area contributed by atoms with Crippen LogP contribution in [-0.2, 0) is 16.0 Å². The van der Waals surface area contributed by atoms with Crippen LogP contribution in [0.2, 0.25) is 0 Å². The summed E-state index contributed by atoms with van der Waals surface area (Å²) in [7, 11) is 3.33. The summed E-state index contributed by atoms with van der Waals surface area (Å²) in [6.45, 7) is 5.76. The second-order valence-corrected chi connectivity index (χ2v) is 11.5. The summed E-state index contributed by atoms with van der Waals surface area (Å²) >= 11 is 0. The molecule has 0 saturated carbocycles. The van der Waals surface area contributed by atoms with Gasteiger partial charge in [-0.25, -0.2) is 0 Å². The second kappa shape index (κ2) is 9.17.